The average molecular weight is 690 g/mol. The van der Waals surface area contributed by atoms with Crippen molar-refractivity contribution in [2.75, 3.05) is 0 Å². The van der Waals surface area contributed by atoms with Gasteiger partial charge in [0.1, 0.15) is 0 Å². The van der Waals surface area contributed by atoms with Crippen molar-refractivity contribution in [2.45, 2.75) is 58.5 Å². The molecular formula is C46H38F3N3. The quantitative estimate of drug-likeness (QED) is 0.182. The Morgan fingerprint density at radius 2 is 0.962 bits per heavy atom. The Labute approximate surface area is 301 Å². The summed E-state index contributed by atoms with van der Waals surface area (Å²) in [5.41, 5.74) is 7.14. The number of aromatic nitrogens is 2. The van der Waals surface area contributed by atoms with Crippen LogP contribution in [0.3, 0.4) is 0 Å². The Morgan fingerprint density at radius 1 is 0.481 bits per heavy atom. The maximum absolute atomic E-state index is 14.6. The molecule has 8 rings (SSSR count). The summed E-state index contributed by atoms with van der Waals surface area (Å²) in [5, 5.41) is 14.7. The van der Waals surface area contributed by atoms with Crippen LogP contribution in [0.2, 0.25) is 0 Å². The summed E-state index contributed by atoms with van der Waals surface area (Å²) in [7, 11) is 0. The molecule has 6 aromatic carbocycles. The van der Waals surface area contributed by atoms with Gasteiger partial charge in [-0.3, -0.25) is 0 Å². The highest BCUT2D eigenvalue weighted by Crippen LogP contribution is 2.45. The molecule has 0 radical (unpaired) electrons. The normalized spacial score (nSPS) is 12.7. The summed E-state index contributed by atoms with van der Waals surface area (Å²) in [6.07, 6.45) is -4.60. The van der Waals surface area contributed by atoms with E-state index in [0.29, 0.717) is 22.5 Å². The van der Waals surface area contributed by atoms with E-state index in [4.69, 9.17) is 0 Å². The predicted octanol–water partition coefficient (Wildman–Crippen LogP) is 13.0. The number of fused-ring (bicyclic) bond motifs is 6. The first-order valence-corrected chi connectivity index (χ1v) is 17.5. The number of hydrogen-bond donors (Lipinski definition) is 0. The highest BCUT2D eigenvalue weighted by Gasteiger charge is 2.33. The molecule has 8 aromatic rings. The van der Waals surface area contributed by atoms with Crippen molar-refractivity contribution in [2.24, 2.45) is 0 Å². The molecule has 0 aliphatic rings. The second-order valence-electron chi connectivity index (χ2n) is 15.7. The number of nitriles is 1. The van der Waals surface area contributed by atoms with E-state index >= 15 is 0 Å². The highest BCUT2D eigenvalue weighted by atomic mass is 19.4. The minimum Gasteiger partial charge on any atom is -0.309 e. The molecule has 0 saturated carbocycles. The minimum atomic E-state index is -4.60. The fraction of sp³-hybridized carbons (Fsp3) is 0.196. The zero-order chi connectivity index (χ0) is 36.7. The molecule has 258 valence electrons. The van der Waals surface area contributed by atoms with Crippen LogP contribution in [0.1, 0.15) is 63.8 Å². The molecule has 0 aliphatic carbocycles. The smallest absolute Gasteiger partial charge is 0.309 e. The van der Waals surface area contributed by atoms with Gasteiger partial charge in [0.15, 0.2) is 0 Å². The van der Waals surface area contributed by atoms with Gasteiger partial charge in [0.25, 0.3) is 0 Å². The number of rotatable bonds is 3. The van der Waals surface area contributed by atoms with E-state index in [1.54, 1.807) is 12.1 Å². The van der Waals surface area contributed by atoms with E-state index in [9.17, 15) is 18.4 Å². The van der Waals surface area contributed by atoms with Gasteiger partial charge < -0.3 is 9.13 Å². The molecule has 0 fully saturated rings. The summed E-state index contributed by atoms with van der Waals surface area (Å²) >= 11 is 0. The van der Waals surface area contributed by atoms with E-state index in [1.165, 1.54) is 11.6 Å². The summed E-state index contributed by atoms with van der Waals surface area (Å²) in [4.78, 5) is 0. The van der Waals surface area contributed by atoms with E-state index in [1.807, 2.05) is 53.1 Å². The van der Waals surface area contributed by atoms with Crippen LogP contribution in [0, 0.1) is 11.3 Å². The molecule has 6 heteroatoms. The summed E-state index contributed by atoms with van der Waals surface area (Å²) in [5.74, 6) is 0. The summed E-state index contributed by atoms with van der Waals surface area (Å²) < 4.78 is 48.1. The first kappa shape index (κ1) is 33.3. The predicted molar refractivity (Wildman–Crippen MR) is 208 cm³/mol. The van der Waals surface area contributed by atoms with Crippen molar-refractivity contribution >= 4 is 43.6 Å². The van der Waals surface area contributed by atoms with Gasteiger partial charge in [-0.25, -0.2) is 0 Å². The lowest BCUT2D eigenvalue weighted by Gasteiger charge is -2.22. The van der Waals surface area contributed by atoms with Crippen molar-refractivity contribution in [3.8, 4) is 28.6 Å². The monoisotopic (exact) mass is 689 g/mol. The average Bonchev–Trinajstić information content (AvgIpc) is 3.62. The van der Waals surface area contributed by atoms with Gasteiger partial charge in [-0.15, -0.1) is 0 Å². The van der Waals surface area contributed by atoms with E-state index in [-0.39, 0.29) is 16.4 Å². The van der Waals surface area contributed by atoms with E-state index in [0.717, 1.165) is 55.2 Å². The standard InChI is InChI=1S/C46H38F3N3/c1-44(2,3)29-18-21-39-34(24-29)32-13-7-9-15-37(32)51(39)41-23-20-31(46(47,48)49)26-36(41)43-28(27-50)12-11-17-42(43)52-38-16-10-8-14-33(38)35-25-30(45(4,5)6)19-22-40(35)52/h7-26H,1-6H3. The van der Waals surface area contributed by atoms with Crippen molar-refractivity contribution in [3.05, 3.63) is 144 Å². The molecule has 0 saturated heterocycles. The lowest BCUT2D eigenvalue weighted by atomic mass is 9.86. The maximum Gasteiger partial charge on any atom is 0.416 e. The Hall–Kier alpha value is -5.80. The molecule has 0 spiro atoms. The van der Waals surface area contributed by atoms with Crippen LogP contribution in [-0.4, -0.2) is 9.13 Å². The third kappa shape index (κ3) is 5.26. The number of para-hydroxylation sites is 2. The van der Waals surface area contributed by atoms with Gasteiger partial charge in [-0.05, 0) is 88.7 Å². The first-order chi connectivity index (χ1) is 24.7. The van der Waals surface area contributed by atoms with E-state index in [2.05, 4.69) is 101 Å². The fourth-order valence-electron chi connectivity index (χ4n) is 7.61. The lowest BCUT2D eigenvalue weighted by molar-refractivity contribution is -0.137. The first-order valence-electron chi connectivity index (χ1n) is 17.5. The third-order valence-electron chi connectivity index (χ3n) is 10.3. The van der Waals surface area contributed by atoms with Crippen LogP contribution in [0.15, 0.2) is 121 Å². The van der Waals surface area contributed by atoms with Crippen molar-refractivity contribution < 1.29 is 13.2 Å². The van der Waals surface area contributed by atoms with Gasteiger partial charge in [-0.2, -0.15) is 18.4 Å². The molecule has 0 bridgehead atoms. The SMILES string of the molecule is CC(C)(C)c1ccc2c(c1)c1ccccc1n2-c1ccc(C(F)(F)F)cc1-c1c(C#N)cccc1-n1c2ccccc2c2cc(C(C)(C)C)ccc21. The second-order valence-corrected chi connectivity index (χ2v) is 15.7. The Morgan fingerprint density at radius 3 is 1.46 bits per heavy atom. The lowest BCUT2D eigenvalue weighted by Crippen LogP contribution is -2.11. The molecule has 0 N–H and O–H groups in total. The molecule has 0 unspecified atom stereocenters. The van der Waals surface area contributed by atoms with Crippen LogP contribution in [0.4, 0.5) is 13.2 Å². The van der Waals surface area contributed by atoms with Crippen LogP contribution < -0.4 is 0 Å². The molecule has 0 atom stereocenters. The number of nitrogens with zero attached hydrogens (tertiary/aromatic N) is 3. The molecule has 2 heterocycles. The summed E-state index contributed by atoms with van der Waals surface area (Å²) in [6.45, 7) is 13.0. The molecular weight excluding hydrogens is 652 g/mol. The van der Waals surface area contributed by atoms with Gasteiger partial charge in [0, 0.05) is 32.7 Å². The Bertz CT molecular complexity index is 2760. The Balaban J connectivity index is 1.51. The number of hydrogen-bond acceptors (Lipinski definition) is 1. The molecule has 0 aliphatic heterocycles. The van der Waals surface area contributed by atoms with Crippen LogP contribution in [0.5, 0.6) is 0 Å². The van der Waals surface area contributed by atoms with Crippen LogP contribution in [0.25, 0.3) is 66.1 Å². The number of halogens is 3. The third-order valence-corrected chi connectivity index (χ3v) is 10.3. The largest absolute Gasteiger partial charge is 0.416 e. The van der Waals surface area contributed by atoms with E-state index < -0.39 is 11.7 Å². The molecule has 2 aromatic heterocycles. The number of alkyl halides is 3. The second kappa shape index (κ2) is 11.6. The van der Waals surface area contributed by atoms with Gasteiger partial charge in [-0.1, -0.05) is 96.1 Å². The molecule has 0 amide bonds. The maximum atomic E-state index is 14.6. The minimum absolute atomic E-state index is 0.0911. The van der Waals surface area contributed by atoms with Gasteiger partial charge in [0.05, 0.1) is 50.6 Å². The van der Waals surface area contributed by atoms with Gasteiger partial charge in [0.2, 0.25) is 0 Å². The highest BCUT2D eigenvalue weighted by molar-refractivity contribution is 6.12. The Kier molecular flexibility index (Phi) is 7.45. The topological polar surface area (TPSA) is 33.6 Å². The zero-order valence-corrected chi connectivity index (χ0v) is 30.0. The summed E-state index contributed by atoms with van der Waals surface area (Å²) in [6, 6.07) is 40.5. The van der Waals surface area contributed by atoms with Crippen molar-refractivity contribution in [1.29, 1.82) is 5.26 Å². The zero-order valence-electron chi connectivity index (χ0n) is 30.0. The van der Waals surface area contributed by atoms with Crippen molar-refractivity contribution in [3.63, 3.8) is 0 Å². The fourth-order valence-corrected chi connectivity index (χ4v) is 7.61. The van der Waals surface area contributed by atoms with Crippen LogP contribution >= 0.6 is 0 Å². The van der Waals surface area contributed by atoms with Crippen LogP contribution in [-0.2, 0) is 17.0 Å². The van der Waals surface area contributed by atoms with Gasteiger partial charge >= 0.3 is 6.18 Å². The molecule has 52 heavy (non-hydrogen) atoms. The van der Waals surface area contributed by atoms with Crippen molar-refractivity contribution in [1.82, 2.24) is 9.13 Å². The number of benzene rings is 6. The molecule has 3 nitrogen and oxygen atoms in total.